The summed E-state index contributed by atoms with van der Waals surface area (Å²) in [6.45, 7) is 11.5. The van der Waals surface area contributed by atoms with Crippen LogP contribution < -0.4 is 10.1 Å². The topological polar surface area (TPSA) is 41.5 Å². The number of para-hydroxylation sites is 1. The molecule has 194 valence electrons. The Labute approximate surface area is 215 Å². The molecular weight excluding hydrogens is 430 g/mol. The zero-order chi connectivity index (χ0) is 25.5. The third-order valence-electron chi connectivity index (χ3n) is 6.55. The number of phenols is 1. The summed E-state index contributed by atoms with van der Waals surface area (Å²) in [5.74, 6) is 1.40. The van der Waals surface area contributed by atoms with Gasteiger partial charge in [0.25, 0.3) is 0 Å². The summed E-state index contributed by atoms with van der Waals surface area (Å²) in [4.78, 5) is 0. The van der Waals surface area contributed by atoms with E-state index in [2.05, 4.69) is 51.2 Å². The molecule has 0 atom stereocenters. The lowest BCUT2D eigenvalue weighted by molar-refractivity contribution is 0.340. The van der Waals surface area contributed by atoms with E-state index in [1.165, 1.54) is 81.0 Å². The van der Waals surface area contributed by atoms with Crippen molar-refractivity contribution in [3.8, 4) is 11.5 Å². The highest BCUT2D eigenvalue weighted by Gasteiger charge is 2.22. The molecule has 3 heteroatoms. The molecule has 3 nitrogen and oxygen atoms in total. The molecule has 1 aliphatic rings. The quantitative estimate of drug-likeness (QED) is 0.281. The zero-order valence-electron chi connectivity index (χ0n) is 23.0. The summed E-state index contributed by atoms with van der Waals surface area (Å²) in [7, 11) is 0. The summed E-state index contributed by atoms with van der Waals surface area (Å²) in [5.41, 5.74) is 4.87. The van der Waals surface area contributed by atoms with Gasteiger partial charge in [0, 0.05) is 11.3 Å². The fourth-order valence-electron chi connectivity index (χ4n) is 4.74. The molecule has 2 N–H and O–H groups in total. The third-order valence-corrected chi connectivity index (χ3v) is 6.55. The maximum atomic E-state index is 9.65. The molecule has 0 saturated heterocycles. The number of allylic oxidation sites excluding steroid dienone is 1. The summed E-state index contributed by atoms with van der Waals surface area (Å²) in [6.07, 6.45) is 16.9. The van der Waals surface area contributed by atoms with Crippen molar-refractivity contribution in [2.24, 2.45) is 0 Å². The molecule has 0 spiro atoms. The predicted molar refractivity (Wildman–Crippen MR) is 153 cm³/mol. The Balaban J connectivity index is 0.000000250. The lowest BCUT2D eigenvalue weighted by Crippen LogP contribution is -2.31. The molecular formula is C32H49NO2. The highest BCUT2D eigenvalue weighted by molar-refractivity contribution is 5.80. The van der Waals surface area contributed by atoms with E-state index in [4.69, 9.17) is 4.74 Å². The minimum absolute atomic E-state index is 0.0320. The van der Waals surface area contributed by atoms with Gasteiger partial charge >= 0.3 is 0 Å². The van der Waals surface area contributed by atoms with Gasteiger partial charge in [-0.05, 0) is 75.9 Å². The molecule has 3 rings (SSSR count). The number of unbranched alkanes of at least 4 members (excludes halogenated alkanes) is 9. The van der Waals surface area contributed by atoms with Crippen molar-refractivity contribution < 1.29 is 9.84 Å². The molecule has 1 aliphatic heterocycles. The third kappa shape index (κ3) is 10.8. The largest absolute Gasteiger partial charge is 0.508 e. The van der Waals surface area contributed by atoms with Crippen molar-refractivity contribution >= 4 is 11.3 Å². The number of hydrogen-bond acceptors (Lipinski definition) is 3. The van der Waals surface area contributed by atoms with E-state index in [0.29, 0.717) is 12.4 Å². The molecule has 0 fully saturated rings. The number of nitrogens with one attached hydrogen (secondary N) is 1. The predicted octanol–water partition coefficient (Wildman–Crippen LogP) is 9.55. The summed E-state index contributed by atoms with van der Waals surface area (Å²) >= 11 is 0. The van der Waals surface area contributed by atoms with Crippen molar-refractivity contribution in [1.82, 2.24) is 0 Å². The van der Waals surface area contributed by atoms with Crippen LogP contribution in [0.15, 0.2) is 48.5 Å². The molecule has 0 radical (unpaired) electrons. The lowest BCUT2D eigenvalue weighted by Gasteiger charge is -2.31. The number of benzene rings is 2. The molecule has 0 amide bonds. The van der Waals surface area contributed by atoms with E-state index in [1.807, 2.05) is 31.2 Å². The Morgan fingerprint density at radius 3 is 2.09 bits per heavy atom. The molecule has 0 aromatic heterocycles. The first kappa shape index (κ1) is 28.8. The Morgan fingerprint density at radius 1 is 0.829 bits per heavy atom. The smallest absolute Gasteiger partial charge is 0.120 e. The summed E-state index contributed by atoms with van der Waals surface area (Å²) in [6, 6.07) is 13.9. The van der Waals surface area contributed by atoms with Crippen LogP contribution >= 0.6 is 0 Å². The van der Waals surface area contributed by atoms with Crippen molar-refractivity contribution in [2.75, 3.05) is 11.9 Å². The van der Waals surface area contributed by atoms with Crippen LogP contribution in [0.1, 0.15) is 110 Å². The van der Waals surface area contributed by atoms with Crippen molar-refractivity contribution in [2.45, 2.75) is 111 Å². The van der Waals surface area contributed by atoms with Crippen molar-refractivity contribution in [3.63, 3.8) is 0 Å². The molecule has 1 heterocycles. The maximum Gasteiger partial charge on any atom is 0.120 e. The Bertz CT molecular complexity index is 900. The second-order valence-corrected chi connectivity index (χ2v) is 10.4. The van der Waals surface area contributed by atoms with Gasteiger partial charge in [-0.15, -0.1) is 0 Å². The molecule has 0 aliphatic carbocycles. The van der Waals surface area contributed by atoms with E-state index < -0.39 is 0 Å². The standard InChI is InChI=1S/C18H30O.C14H19NO/c1-2-3-4-5-6-7-8-9-10-11-14-17-15-12-13-16-18(17)19;1-5-16-11-6-7-13-12(8-11)10(2)9-14(3,4)15-13/h12-13,15-16,19H,2-11,14H2,1H3;6-9,15H,5H2,1-4H3. The maximum absolute atomic E-state index is 9.65. The van der Waals surface area contributed by atoms with Gasteiger partial charge in [-0.25, -0.2) is 0 Å². The van der Waals surface area contributed by atoms with Crippen molar-refractivity contribution in [3.05, 3.63) is 59.7 Å². The Kier molecular flexibility index (Phi) is 12.8. The average molecular weight is 480 g/mol. The van der Waals surface area contributed by atoms with E-state index >= 15 is 0 Å². The first-order valence-electron chi connectivity index (χ1n) is 13.9. The fraction of sp³-hybridized carbons (Fsp3) is 0.562. The minimum Gasteiger partial charge on any atom is -0.508 e. The molecule has 2 aromatic rings. The molecule has 0 unspecified atom stereocenters. The second-order valence-electron chi connectivity index (χ2n) is 10.4. The Morgan fingerprint density at radius 2 is 1.46 bits per heavy atom. The molecule has 0 saturated carbocycles. The highest BCUT2D eigenvalue weighted by Crippen LogP contribution is 2.35. The van der Waals surface area contributed by atoms with Crippen LogP contribution in [0.3, 0.4) is 0 Å². The van der Waals surface area contributed by atoms with Crippen LogP contribution in [-0.4, -0.2) is 17.3 Å². The second kappa shape index (κ2) is 15.5. The van der Waals surface area contributed by atoms with Gasteiger partial charge < -0.3 is 15.2 Å². The Hall–Kier alpha value is -2.42. The number of phenolic OH excluding ortho intramolecular Hbond substituents is 1. The van der Waals surface area contributed by atoms with Gasteiger partial charge in [0.15, 0.2) is 0 Å². The summed E-state index contributed by atoms with van der Waals surface area (Å²) < 4.78 is 5.52. The number of ether oxygens (including phenoxy) is 1. The lowest BCUT2D eigenvalue weighted by atomic mass is 9.91. The van der Waals surface area contributed by atoms with Crippen LogP contribution in [0.2, 0.25) is 0 Å². The number of fused-ring (bicyclic) bond motifs is 1. The monoisotopic (exact) mass is 479 g/mol. The van der Waals surface area contributed by atoms with Crippen molar-refractivity contribution in [1.29, 1.82) is 0 Å². The van der Waals surface area contributed by atoms with Crippen LogP contribution in [0, 0.1) is 0 Å². The van der Waals surface area contributed by atoms with Crippen LogP contribution in [0.25, 0.3) is 5.57 Å². The molecule has 35 heavy (non-hydrogen) atoms. The number of anilines is 1. The zero-order valence-corrected chi connectivity index (χ0v) is 23.0. The van der Waals surface area contributed by atoms with Crippen LogP contribution in [0.5, 0.6) is 11.5 Å². The van der Waals surface area contributed by atoms with Crippen LogP contribution in [-0.2, 0) is 6.42 Å². The van der Waals surface area contributed by atoms with Gasteiger partial charge in [-0.2, -0.15) is 0 Å². The van der Waals surface area contributed by atoms with E-state index in [0.717, 1.165) is 17.7 Å². The number of aryl methyl sites for hydroxylation is 1. The van der Waals surface area contributed by atoms with Crippen LogP contribution in [0.4, 0.5) is 5.69 Å². The number of rotatable bonds is 13. The molecule has 2 aromatic carbocycles. The minimum atomic E-state index is 0.0320. The van der Waals surface area contributed by atoms with Gasteiger partial charge in [0.1, 0.15) is 11.5 Å². The van der Waals surface area contributed by atoms with Gasteiger partial charge in [0.05, 0.1) is 12.1 Å². The number of hydrogen-bond donors (Lipinski definition) is 2. The van der Waals surface area contributed by atoms with E-state index in [1.54, 1.807) is 6.07 Å². The van der Waals surface area contributed by atoms with Gasteiger partial charge in [-0.1, -0.05) is 89.0 Å². The summed E-state index contributed by atoms with van der Waals surface area (Å²) in [5, 5.41) is 13.2. The fourth-order valence-corrected chi connectivity index (χ4v) is 4.74. The van der Waals surface area contributed by atoms with Gasteiger partial charge in [0.2, 0.25) is 0 Å². The first-order valence-corrected chi connectivity index (χ1v) is 13.9. The van der Waals surface area contributed by atoms with Gasteiger partial charge in [-0.3, -0.25) is 0 Å². The molecule has 0 bridgehead atoms. The number of aromatic hydroxyl groups is 1. The average Bonchev–Trinajstić information content (AvgIpc) is 2.82. The normalized spacial score (nSPS) is 13.7. The van der Waals surface area contributed by atoms with E-state index in [-0.39, 0.29) is 5.54 Å². The van der Waals surface area contributed by atoms with E-state index in [9.17, 15) is 5.11 Å². The first-order chi connectivity index (χ1) is 16.9. The highest BCUT2D eigenvalue weighted by atomic mass is 16.5. The SMILES string of the molecule is CCCCCCCCCCCCc1ccccc1O.CCOc1ccc2c(c1)C(C)=CC(C)(C)N2.